The van der Waals surface area contributed by atoms with Crippen LogP contribution in [0.4, 0.5) is 0 Å². The van der Waals surface area contributed by atoms with Gasteiger partial charge in [-0.2, -0.15) is 0 Å². The molecule has 1 rings (SSSR count). The molecule has 0 aliphatic carbocycles. The Kier molecular flexibility index (Phi) is 6.89. The van der Waals surface area contributed by atoms with Gasteiger partial charge in [-0.25, -0.2) is 0 Å². The lowest BCUT2D eigenvalue weighted by molar-refractivity contribution is -0.157. The second-order valence-electron chi connectivity index (χ2n) is 4.84. The van der Waals surface area contributed by atoms with Crippen molar-refractivity contribution in [3.8, 4) is 0 Å². The van der Waals surface area contributed by atoms with E-state index >= 15 is 0 Å². The first-order valence-electron chi connectivity index (χ1n) is 6.66. The summed E-state index contributed by atoms with van der Waals surface area (Å²) in [6.07, 6.45) is 0.334. The molecule has 0 saturated carbocycles. The van der Waals surface area contributed by atoms with Gasteiger partial charge in [0.1, 0.15) is 12.6 Å². The van der Waals surface area contributed by atoms with Gasteiger partial charge in [0.05, 0.1) is 19.6 Å². The fraction of sp³-hybridized carbons (Fsp3) is 0.538. The van der Waals surface area contributed by atoms with Gasteiger partial charge in [0.2, 0.25) is 12.3 Å². The number of esters is 1. The molecule has 2 amide bonds. The third kappa shape index (κ3) is 4.88. The van der Waals surface area contributed by atoms with Crippen LogP contribution in [0.3, 0.4) is 0 Å². The lowest BCUT2D eigenvalue weighted by Crippen LogP contribution is -2.70. The lowest BCUT2D eigenvalue weighted by atomic mass is 9.90. The van der Waals surface area contributed by atoms with Gasteiger partial charge in [-0.1, -0.05) is 0 Å². The number of nitrogens with zero attached hydrogens (tertiary/aromatic N) is 1. The van der Waals surface area contributed by atoms with Crippen molar-refractivity contribution in [2.75, 3.05) is 19.4 Å². The van der Waals surface area contributed by atoms with Gasteiger partial charge in [-0.3, -0.25) is 23.4 Å². The number of carboxylic acid groups (broad SMARTS) is 1. The van der Waals surface area contributed by atoms with E-state index in [2.05, 4.69) is 10.1 Å². The number of β-lactam (4-membered cyclic amide) rings is 1. The molecule has 1 aliphatic heterocycles. The van der Waals surface area contributed by atoms with Gasteiger partial charge in [0.15, 0.2) is 0 Å². The highest BCUT2D eigenvalue weighted by Gasteiger charge is 2.48. The first-order chi connectivity index (χ1) is 10.8. The van der Waals surface area contributed by atoms with E-state index < -0.39 is 47.3 Å². The number of hydrogen-bond acceptors (Lipinski definition) is 6. The fourth-order valence-electron chi connectivity index (χ4n) is 2.24. The predicted molar refractivity (Wildman–Crippen MR) is 79.5 cm³/mol. The zero-order chi connectivity index (χ0) is 17.6. The molecule has 23 heavy (non-hydrogen) atoms. The van der Waals surface area contributed by atoms with E-state index in [9.17, 15) is 23.4 Å². The summed E-state index contributed by atoms with van der Waals surface area (Å²) in [6.45, 7) is 1.07. The number of rotatable bonds is 9. The lowest BCUT2D eigenvalue weighted by Gasteiger charge is -2.46. The van der Waals surface area contributed by atoms with Gasteiger partial charge in [0.25, 0.3) is 0 Å². The van der Waals surface area contributed by atoms with Crippen molar-refractivity contribution >= 4 is 35.1 Å². The third-order valence-electron chi connectivity index (χ3n) is 3.27. The Balaban J connectivity index is 2.80. The van der Waals surface area contributed by atoms with Crippen molar-refractivity contribution in [2.45, 2.75) is 25.4 Å². The summed E-state index contributed by atoms with van der Waals surface area (Å²) in [5.41, 5.74) is 0.480. The Morgan fingerprint density at radius 3 is 2.65 bits per heavy atom. The van der Waals surface area contributed by atoms with E-state index in [1.165, 1.54) is 12.5 Å². The molecule has 128 valence electrons. The average molecular weight is 346 g/mol. The highest BCUT2D eigenvalue weighted by Crippen LogP contribution is 2.26. The second-order valence-corrected chi connectivity index (χ2v) is 6.25. The fourth-order valence-corrected chi connectivity index (χ4v) is 3.28. The average Bonchev–Trinajstić information content (AvgIpc) is 2.50. The van der Waals surface area contributed by atoms with Crippen LogP contribution in [0.25, 0.3) is 0 Å². The number of carboxylic acids is 1. The monoisotopic (exact) mass is 346 g/mol. The summed E-state index contributed by atoms with van der Waals surface area (Å²) in [6, 6.07) is -1.55. The summed E-state index contributed by atoms with van der Waals surface area (Å²) in [5, 5.41) is 12.5. The van der Waals surface area contributed by atoms with Crippen molar-refractivity contribution in [1.82, 2.24) is 10.2 Å². The van der Waals surface area contributed by atoms with E-state index in [0.717, 1.165) is 4.90 Å². The number of nitrogens with one attached hydrogen (secondary N) is 1. The van der Waals surface area contributed by atoms with Crippen LogP contribution in [0, 0.1) is 0 Å². The summed E-state index contributed by atoms with van der Waals surface area (Å²) in [7, 11) is -0.255. The number of amides is 2. The topological polar surface area (TPSA) is 130 Å². The van der Waals surface area contributed by atoms with Gasteiger partial charge in [-0.05, 0) is 12.5 Å². The summed E-state index contributed by atoms with van der Waals surface area (Å²) >= 11 is 0. The normalized spacial score (nSPS) is 22.1. The van der Waals surface area contributed by atoms with Crippen LogP contribution < -0.4 is 5.32 Å². The number of methoxy groups -OCH3 is 1. The number of carbonyl (C=O) groups excluding carboxylic acids is 3. The van der Waals surface area contributed by atoms with Crippen molar-refractivity contribution in [3.05, 3.63) is 11.0 Å². The molecule has 0 radical (unpaired) electrons. The first kappa shape index (κ1) is 18.8. The van der Waals surface area contributed by atoms with Crippen LogP contribution in [0.5, 0.6) is 0 Å². The molecule has 1 saturated heterocycles. The molecule has 3 atom stereocenters. The van der Waals surface area contributed by atoms with Crippen LogP contribution >= 0.6 is 0 Å². The van der Waals surface area contributed by atoms with E-state index in [-0.39, 0.29) is 12.2 Å². The summed E-state index contributed by atoms with van der Waals surface area (Å²) < 4.78 is 16.4. The van der Waals surface area contributed by atoms with Crippen LogP contribution in [-0.4, -0.2) is 70.0 Å². The van der Waals surface area contributed by atoms with E-state index in [4.69, 9.17) is 5.11 Å². The van der Waals surface area contributed by atoms with E-state index in [0.29, 0.717) is 12.0 Å². The van der Waals surface area contributed by atoms with Gasteiger partial charge < -0.3 is 20.1 Å². The minimum absolute atomic E-state index is 0.0225. The molecular formula is C13H18N2O7S. The number of aliphatic carboxylic acids is 1. The van der Waals surface area contributed by atoms with Gasteiger partial charge >= 0.3 is 11.9 Å². The zero-order valence-corrected chi connectivity index (χ0v) is 13.5. The van der Waals surface area contributed by atoms with Gasteiger partial charge in [0, 0.05) is 22.0 Å². The third-order valence-corrected chi connectivity index (χ3v) is 4.51. The van der Waals surface area contributed by atoms with Gasteiger partial charge in [-0.15, -0.1) is 0 Å². The Bertz CT molecular complexity index is 561. The summed E-state index contributed by atoms with van der Waals surface area (Å²) in [4.78, 5) is 45.3. The maximum atomic E-state index is 11.9. The minimum Gasteiger partial charge on any atom is -0.480 e. The van der Waals surface area contributed by atoms with E-state index in [1.54, 1.807) is 6.92 Å². The molecule has 0 aromatic carbocycles. The van der Waals surface area contributed by atoms with Crippen LogP contribution in [-0.2, 0) is 34.7 Å². The molecule has 0 bridgehead atoms. The van der Waals surface area contributed by atoms with Crippen molar-refractivity contribution in [3.63, 3.8) is 0 Å². The molecule has 0 aromatic heterocycles. The SMILES string of the molecule is COC(=O)CCS(=O)C=C(C)C1C(NC=O)C(=O)N1CC(=O)O. The molecule has 2 N–H and O–H groups in total. The number of hydrogen-bond donors (Lipinski definition) is 2. The minimum atomic E-state index is -1.48. The molecule has 1 fully saturated rings. The number of ether oxygens (including phenoxy) is 1. The molecule has 0 spiro atoms. The Labute approximate surface area is 135 Å². The molecule has 0 aromatic rings. The van der Waals surface area contributed by atoms with Crippen LogP contribution in [0.15, 0.2) is 11.0 Å². The quantitative estimate of drug-likeness (QED) is 0.299. The molecular weight excluding hydrogens is 328 g/mol. The molecule has 10 heteroatoms. The highest BCUT2D eigenvalue weighted by atomic mass is 32.2. The zero-order valence-electron chi connectivity index (χ0n) is 12.7. The van der Waals surface area contributed by atoms with E-state index in [1.807, 2.05) is 0 Å². The Morgan fingerprint density at radius 1 is 1.48 bits per heavy atom. The Morgan fingerprint density at radius 2 is 2.13 bits per heavy atom. The predicted octanol–water partition coefficient (Wildman–Crippen LogP) is -1.39. The molecule has 3 unspecified atom stereocenters. The van der Waals surface area contributed by atoms with Crippen molar-refractivity contribution in [1.29, 1.82) is 0 Å². The molecule has 1 heterocycles. The van der Waals surface area contributed by atoms with Crippen molar-refractivity contribution < 1.29 is 33.2 Å². The van der Waals surface area contributed by atoms with Crippen molar-refractivity contribution in [2.24, 2.45) is 0 Å². The molecule has 1 aliphatic rings. The first-order valence-corrected chi connectivity index (χ1v) is 8.04. The Hall–Kier alpha value is -2.23. The maximum Gasteiger partial charge on any atom is 0.323 e. The number of carbonyl (C=O) groups is 4. The molecule has 9 nitrogen and oxygen atoms in total. The van der Waals surface area contributed by atoms with Crippen LogP contribution in [0.2, 0.25) is 0 Å². The number of likely N-dealkylation sites (tertiary alicyclic amines) is 1. The largest absolute Gasteiger partial charge is 0.480 e. The maximum absolute atomic E-state index is 11.9. The summed E-state index contributed by atoms with van der Waals surface area (Å²) in [5.74, 6) is -2.14. The smallest absolute Gasteiger partial charge is 0.323 e. The second kappa shape index (κ2) is 8.42. The van der Waals surface area contributed by atoms with Crippen LogP contribution in [0.1, 0.15) is 13.3 Å². The highest BCUT2D eigenvalue weighted by molar-refractivity contribution is 7.88. The standard InChI is InChI=1S/C13H18N2O7S/c1-8(6-23(21)4-3-10(19)22-2)12-11(14-7-16)13(20)15(12)5-9(17)18/h6-7,11-12H,3-5H2,1-2H3,(H,14,16)(H,17,18).